The highest BCUT2D eigenvalue weighted by Crippen LogP contribution is 2.25. The molecule has 0 spiro atoms. The van der Waals surface area contributed by atoms with Crippen LogP contribution in [0, 0.1) is 0 Å². The average Bonchev–Trinajstić information content (AvgIpc) is 2.29. The van der Waals surface area contributed by atoms with E-state index < -0.39 is 6.04 Å². The standard InChI is InChI=1S/C14H20N2O/c1-11(15)14(17)16-10-6-2-3-7-12-8-4-5-9-13(12)16/h4-5,8-9,11H,2-3,6-7,10,15H2,1H3/t11-/m0/s1. The summed E-state index contributed by atoms with van der Waals surface area (Å²) in [5.41, 5.74) is 8.04. The highest BCUT2D eigenvalue weighted by molar-refractivity contribution is 5.97. The van der Waals surface area contributed by atoms with Crippen molar-refractivity contribution in [2.75, 3.05) is 11.4 Å². The number of carbonyl (C=O) groups excluding carboxylic acids is 1. The highest BCUT2D eigenvalue weighted by atomic mass is 16.2. The van der Waals surface area contributed by atoms with Crippen LogP contribution in [-0.4, -0.2) is 18.5 Å². The zero-order valence-electron chi connectivity index (χ0n) is 10.4. The summed E-state index contributed by atoms with van der Waals surface area (Å²) in [4.78, 5) is 14.0. The van der Waals surface area contributed by atoms with Crippen LogP contribution in [0.4, 0.5) is 5.69 Å². The highest BCUT2D eigenvalue weighted by Gasteiger charge is 2.22. The molecule has 2 rings (SSSR count). The number of hydrogen-bond acceptors (Lipinski definition) is 2. The normalized spacial score (nSPS) is 17.9. The zero-order chi connectivity index (χ0) is 12.3. The molecule has 1 aromatic rings. The van der Waals surface area contributed by atoms with Crippen LogP contribution in [0.1, 0.15) is 31.7 Å². The van der Waals surface area contributed by atoms with E-state index in [0.717, 1.165) is 25.1 Å². The predicted octanol–water partition coefficient (Wildman–Crippen LogP) is 2.09. The molecule has 2 N–H and O–H groups in total. The minimum Gasteiger partial charge on any atom is -0.320 e. The van der Waals surface area contributed by atoms with Crippen LogP contribution in [-0.2, 0) is 11.2 Å². The van der Waals surface area contributed by atoms with Crippen molar-refractivity contribution < 1.29 is 4.79 Å². The van der Waals surface area contributed by atoms with E-state index in [1.54, 1.807) is 6.92 Å². The Kier molecular flexibility index (Phi) is 3.79. The minimum absolute atomic E-state index is 0.0272. The molecule has 0 bridgehead atoms. The number of hydrogen-bond donors (Lipinski definition) is 1. The number of amides is 1. The van der Waals surface area contributed by atoms with E-state index in [9.17, 15) is 4.79 Å². The summed E-state index contributed by atoms with van der Waals surface area (Å²) in [6.07, 6.45) is 4.50. The molecule has 1 aliphatic heterocycles. The van der Waals surface area contributed by atoms with Crippen molar-refractivity contribution in [2.45, 2.75) is 38.6 Å². The summed E-state index contributed by atoms with van der Waals surface area (Å²) in [5, 5.41) is 0. The Bertz CT molecular complexity index is 401. The van der Waals surface area contributed by atoms with Crippen LogP contribution in [0.15, 0.2) is 24.3 Å². The van der Waals surface area contributed by atoms with Gasteiger partial charge in [-0.1, -0.05) is 24.6 Å². The first-order valence-corrected chi connectivity index (χ1v) is 6.35. The predicted molar refractivity (Wildman–Crippen MR) is 70.0 cm³/mol. The van der Waals surface area contributed by atoms with Gasteiger partial charge in [0.05, 0.1) is 6.04 Å². The fourth-order valence-electron chi connectivity index (χ4n) is 2.34. The Labute approximate surface area is 103 Å². The lowest BCUT2D eigenvalue weighted by molar-refractivity contribution is -0.119. The van der Waals surface area contributed by atoms with E-state index in [4.69, 9.17) is 5.73 Å². The van der Waals surface area contributed by atoms with Gasteiger partial charge in [0, 0.05) is 12.2 Å². The molecule has 3 nitrogen and oxygen atoms in total. The Morgan fingerprint density at radius 1 is 1.29 bits per heavy atom. The summed E-state index contributed by atoms with van der Waals surface area (Å²) < 4.78 is 0. The SMILES string of the molecule is C[C@H](N)C(=O)N1CCCCCc2ccccc21. The van der Waals surface area contributed by atoms with E-state index in [2.05, 4.69) is 6.07 Å². The van der Waals surface area contributed by atoms with Crippen LogP contribution in [0.2, 0.25) is 0 Å². The van der Waals surface area contributed by atoms with Gasteiger partial charge in [-0.3, -0.25) is 4.79 Å². The van der Waals surface area contributed by atoms with Crippen LogP contribution in [0.25, 0.3) is 0 Å². The Morgan fingerprint density at radius 2 is 2.06 bits per heavy atom. The third-order valence-electron chi connectivity index (χ3n) is 3.27. The van der Waals surface area contributed by atoms with Crippen LogP contribution in [0.3, 0.4) is 0 Å². The molecule has 17 heavy (non-hydrogen) atoms. The molecular formula is C14H20N2O. The van der Waals surface area contributed by atoms with Crippen molar-refractivity contribution in [1.82, 2.24) is 0 Å². The number of rotatable bonds is 1. The lowest BCUT2D eigenvalue weighted by atomic mass is 10.0. The molecule has 1 aromatic carbocycles. The van der Waals surface area contributed by atoms with Gasteiger partial charge in [-0.25, -0.2) is 0 Å². The van der Waals surface area contributed by atoms with Crippen molar-refractivity contribution in [2.24, 2.45) is 5.73 Å². The van der Waals surface area contributed by atoms with Crippen LogP contribution in [0.5, 0.6) is 0 Å². The summed E-state index contributed by atoms with van der Waals surface area (Å²) in [7, 11) is 0. The molecule has 0 radical (unpaired) electrons. The largest absolute Gasteiger partial charge is 0.320 e. The summed E-state index contributed by atoms with van der Waals surface area (Å²) in [5.74, 6) is 0.0272. The first-order chi connectivity index (χ1) is 8.20. The van der Waals surface area contributed by atoms with Crippen molar-refractivity contribution in [3.05, 3.63) is 29.8 Å². The number of benzene rings is 1. The third kappa shape index (κ3) is 2.67. The molecule has 0 fully saturated rings. The summed E-state index contributed by atoms with van der Waals surface area (Å²) in [6.45, 7) is 2.54. The molecule has 0 unspecified atom stereocenters. The van der Waals surface area contributed by atoms with Crippen LogP contribution >= 0.6 is 0 Å². The number of aryl methyl sites for hydroxylation is 1. The summed E-state index contributed by atoms with van der Waals surface area (Å²) >= 11 is 0. The number of fused-ring (bicyclic) bond motifs is 1. The molecule has 92 valence electrons. The second-order valence-electron chi connectivity index (χ2n) is 4.72. The van der Waals surface area contributed by atoms with Gasteiger partial charge in [0.2, 0.25) is 5.91 Å². The van der Waals surface area contributed by atoms with Gasteiger partial charge in [0.25, 0.3) is 0 Å². The fraction of sp³-hybridized carbons (Fsp3) is 0.500. The van der Waals surface area contributed by atoms with Crippen molar-refractivity contribution in [3.63, 3.8) is 0 Å². The first kappa shape index (κ1) is 12.1. The first-order valence-electron chi connectivity index (χ1n) is 6.35. The van der Waals surface area contributed by atoms with Gasteiger partial charge in [-0.05, 0) is 37.8 Å². The number of nitrogens with zero attached hydrogens (tertiary/aromatic N) is 1. The van der Waals surface area contributed by atoms with E-state index in [0.29, 0.717) is 0 Å². The molecule has 1 aliphatic rings. The second kappa shape index (κ2) is 5.32. The maximum atomic E-state index is 12.1. The van der Waals surface area contributed by atoms with Gasteiger partial charge in [0.1, 0.15) is 0 Å². The molecule has 0 saturated carbocycles. The van der Waals surface area contributed by atoms with Gasteiger partial charge in [-0.15, -0.1) is 0 Å². The van der Waals surface area contributed by atoms with E-state index >= 15 is 0 Å². The van der Waals surface area contributed by atoms with Crippen molar-refractivity contribution in [1.29, 1.82) is 0 Å². The molecule has 1 amide bonds. The molecule has 1 atom stereocenters. The molecule has 0 saturated heterocycles. The molecule has 0 aliphatic carbocycles. The molecular weight excluding hydrogens is 212 g/mol. The van der Waals surface area contributed by atoms with Crippen molar-refractivity contribution in [3.8, 4) is 0 Å². The van der Waals surface area contributed by atoms with Gasteiger partial charge >= 0.3 is 0 Å². The van der Waals surface area contributed by atoms with Crippen molar-refractivity contribution >= 4 is 11.6 Å². The van der Waals surface area contributed by atoms with E-state index in [-0.39, 0.29) is 5.91 Å². The quantitative estimate of drug-likeness (QED) is 0.806. The van der Waals surface area contributed by atoms with Crippen LogP contribution < -0.4 is 10.6 Å². The number of carbonyl (C=O) groups is 1. The van der Waals surface area contributed by atoms with Gasteiger partial charge in [0.15, 0.2) is 0 Å². The maximum Gasteiger partial charge on any atom is 0.243 e. The monoisotopic (exact) mass is 232 g/mol. The molecule has 0 aromatic heterocycles. The summed E-state index contributed by atoms with van der Waals surface area (Å²) in [6, 6.07) is 7.74. The Balaban J connectivity index is 2.35. The van der Waals surface area contributed by atoms with E-state index in [1.165, 1.54) is 18.4 Å². The number of para-hydroxylation sites is 1. The third-order valence-corrected chi connectivity index (χ3v) is 3.27. The average molecular weight is 232 g/mol. The maximum absolute atomic E-state index is 12.1. The van der Waals surface area contributed by atoms with Gasteiger partial charge in [-0.2, -0.15) is 0 Å². The zero-order valence-corrected chi connectivity index (χ0v) is 10.4. The Hall–Kier alpha value is -1.35. The minimum atomic E-state index is -0.428. The van der Waals surface area contributed by atoms with Gasteiger partial charge < -0.3 is 10.6 Å². The fourth-order valence-corrected chi connectivity index (χ4v) is 2.34. The second-order valence-corrected chi connectivity index (χ2v) is 4.72. The number of anilines is 1. The topological polar surface area (TPSA) is 46.3 Å². The van der Waals surface area contributed by atoms with E-state index in [1.807, 2.05) is 23.1 Å². The smallest absolute Gasteiger partial charge is 0.243 e. The lowest BCUT2D eigenvalue weighted by Gasteiger charge is -2.28. The molecule has 3 heteroatoms. The Morgan fingerprint density at radius 3 is 2.82 bits per heavy atom. The molecule has 1 heterocycles. The lowest BCUT2D eigenvalue weighted by Crippen LogP contribution is -2.43. The number of nitrogens with two attached hydrogens (primary N) is 1.